The fraction of sp³-hybridized carbons (Fsp3) is 0.0714. The van der Waals surface area contributed by atoms with Crippen molar-refractivity contribution in [2.24, 2.45) is 0 Å². The van der Waals surface area contributed by atoms with Crippen LogP contribution in [0.3, 0.4) is 0 Å². The van der Waals surface area contributed by atoms with Crippen LogP contribution in [0.4, 0.5) is 5.69 Å². The Kier molecular flexibility index (Phi) is 3.95. The number of anilines is 1. The Balaban J connectivity index is 2.33. The Morgan fingerprint density at radius 3 is 2.35 bits per heavy atom. The summed E-state index contributed by atoms with van der Waals surface area (Å²) >= 11 is 0. The predicted octanol–water partition coefficient (Wildman–Crippen LogP) is 2.09. The summed E-state index contributed by atoms with van der Waals surface area (Å²) in [5.41, 5.74) is 0.495. The van der Waals surface area contributed by atoms with Crippen molar-refractivity contribution in [2.45, 2.75) is 6.54 Å². The number of carboxylic acids is 2. The normalized spacial score (nSPS) is 10.0. The maximum Gasteiger partial charge on any atom is 0.356 e. The number of hydrogen-bond acceptors (Lipinski definition) is 4. The molecule has 6 heteroatoms. The van der Waals surface area contributed by atoms with Gasteiger partial charge >= 0.3 is 11.9 Å². The number of nitrogens with one attached hydrogen (secondary N) is 1. The SMILES string of the molecule is O=C(O)c1ccnc(C(=O)O)c1NCc1ccccc1. The summed E-state index contributed by atoms with van der Waals surface area (Å²) in [6.07, 6.45) is 1.17. The number of carbonyl (C=O) groups is 2. The van der Waals surface area contributed by atoms with Crippen molar-refractivity contribution >= 4 is 17.6 Å². The minimum Gasteiger partial charge on any atom is -0.478 e. The van der Waals surface area contributed by atoms with Gasteiger partial charge in [-0.2, -0.15) is 0 Å². The van der Waals surface area contributed by atoms with Crippen LogP contribution in [0.15, 0.2) is 42.6 Å². The van der Waals surface area contributed by atoms with Crippen molar-refractivity contribution in [3.63, 3.8) is 0 Å². The highest BCUT2D eigenvalue weighted by Crippen LogP contribution is 2.20. The van der Waals surface area contributed by atoms with Crippen molar-refractivity contribution in [3.05, 3.63) is 59.4 Å². The van der Waals surface area contributed by atoms with Gasteiger partial charge in [-0.1, -0.05) is 30.3 Å². The third-order valence-corrected chi connectivity index (χ3v) is 2.70. The van der Waals surface area contributed by atoms with E-state index in [0.29, 0.717) is 6.54 Å². The van der Waals surface area contributed by atoms with Gasteiger partial charge in [0.05, 0.1) is 11.3 Å². The van der Waals surface area contributed by atoms with E-state index in [1.165, 1.54) is 12.3 Å². The molecule has 0 fully saturated rings. The monoisotopic (exact) mass is 272 g/mol. The van der Waals surface area contributed by atoms with Crippen molar-refractivity contribution in [3.8, 4) is 0 Å². The molecule has 20 heavy (non-hydrogen) atoms. The average Bonchev–Trinajstić information content (AvgIpc) is 2.45. The van der Waals surface area contributed by atoms with Gasteiger partial charge in [0.25, 0.3) is 0 Å². The molecule has 0 saturated heterocycles. The molecule has 0 atom stereocenters. The molecule has 0 radical (unpaired) electrons. The van der Waals surface area contributed by atoms with Crippen LogP contribution >= 0.6 is 0 Å². The van der Waals surface area contributed by atoms with Gasteiger partial charge in [-0.05, 0) is 11.6 Å². The van der Waals surface area contributed by atoms with Crippen molar-refractivity contribution < 1.29 is 19.8 Å². The van der Waals surface area contributed by atoms with Gasteiger partial charge in [-0.3, -0.25) is 0 Å². The smallest absolute Gasteiger partial charge is 0.356 e. The topological polar surface area (TPSA) is 99.5 Å². The summed E-state index contributed by atoms with van der Waals surface area (Å²) in [5.74, 6) is -2.48. The van der Waals surface area contributed by atoms with Gasteiger partial charge in [-0.15, -0.1) is 0 Å². The van der Waals surface area contributed by atoms with Crippen molar-refractivity contribution in [1.82, 2.24) is 4.98 Å². The zero-order chi connectivity index (χ0) is 14.5. The van der Waals surface area contributed by atoms with Crippen LogP contribution in [-0.4, -0.2) is 27.1 Å². The molecule has 0 amide bonds. The average molecular weight is 272 g/mol. The molecule has 0 saturated carbocycles. The Labute approximate surface area is 114 Å². The lowest BCUT2D eigenvalue weighted by Crippen LogP contribution is -2.13. The van der Waals surface area contributed by atoms with Gasteiger partial charge in [0.1, 0.15) is 0 Å². The zero-order valence-electron chi connectivity index (χ0n) is 10.4. The number of carboxylic acid groups (broad SMARTS) is 2. The first-order valence-corrected chi connectivity index (χ1v) is 5.83. The molecule has 0 spiro atoms. The maximum atomic E-state index is 11.1. The minimum absolute atomic E-state index is 0.0105. The third kappa shape index (κ3) is 2.92. The Morgan fingerprint density at radius 1 is 1.05 bits per heavy atom. The summed E-state index contributed by atoms with van der Waals surface area (Å²) in [4.78, 5) is 26.0. The first kappa shape index (κ1) is 13.5. The molecule has 2 rings (SSSR count). The van der Waals surface area contributed by atoms with Gasteiger partial charge in [0.15, 0.2) is 5.69 Å². The number of aromatic carboxylic acids is 2. The number of rotatable bonds is 5. The van der Waals surface area contributed by atoms with Crippen LogP contribution in [0, 0.1) is 0 Å². The van der Waals surface area contributed by atoms with Gasteiger partial charge in [-0.25, -0.2) is 14.6 Å². The van der Waals surface area contributed by atoms with Crippen LogP contribution in [0.5, 0.6) is 0 Å². The number of hydrogen-bond donors (Lipinski definition) is 3. The largest absolute Gasteiger partial charge is 0.478 e. The standard InChI is InChI=1S/C14H12N2O4/c17-13(18)10-6-7-15-12(14(19)20)11(10)16-8-9-4-2-1-3-5-9/h1-7,16H,8H2,(H,17,18)(H,19,20). The van der Waals surface area contributed by atoms with Crippen molar-refractivity contribution in [2.75, 3.05) is 5.32 Å². The highest BCUT2D eigenvalue weighted by atomic mass is 16.4. The summed E-state index contributed by atoms with van der Waals surface area (Å²) in [5, 5.41) is 21.0. The van der Waals surface area contributed by atoms with E-state index in [4.69, 9.17) is 10.2 Å². The van der Waals surface area contributed by atoms with Crippen LogP contribution in [-0.2, 0) is 6.54 Å². The van der Waals surface area contributed by atoms with E-state index in [2.05, 4.69) is 10.3 Å². The molecule has 0 aliphatic heterocycles. The summed E-state index contributed by atoms with van der Waals surface area (Å²) in [7, 11) is 0. The highest BCUT2D eigenvalue weighted by molar-refractivity contribution is 6.01. The number of aromatic nitrogens is 1. The molecule has 0 bridgehead atoms. The lowest BCUT2D eigenvalue weighted by molar-refractivity contribution is 0.0691. The van der Waals surface area contributed by atoms with E-state index < -0.39 is 11.9 Å². The Bertz CT molecular complexity index is 609. The molecule has 6 nitrogen and oxygen atoms in total. The molecule has 0 unspecified atom stereocenters. The molecule has 1 aromatic heterocycles. The van der Waals surface area contributed by atoms with Gasteiger partial charge < -0.3 is 15.5 Å². The molecule has 3 N–H and O–H groups in total. The molecular formula is C14H12N2O4. The van der Waals surface area contributed by atoms with Crippen LogP contribution in [0.25, 0.3) is 0 Å². The number of nitrogens with zero attached hydrogens (tertiary/aromatic N) is 1. The van der Waals surface area contributed by atoms with Crippen LogP contribution < -0.4 is 5.32 Å². The first-order valence-electron chi connectivity index (χ1n) is 5.83. The molecule has 1 aromatic carbocycles. The van der Waals surface area contributed by atoms with E-state index in [1.54, 1.807) is 0 Å². The van der Waals surface area contributed by atoms with E-state index >= 15 is 0 Å². The summed E-state index contributed by atoms with van der Waals surface area (Å²) in [6.45, 7) is 0.313. The van der Waals surface area contributed by atoms with Crippen LogP contribution in [0.2, 0.25) is 0 Å². The molecular weight excluding hydrogens is 260 g/mol. The zero-order valence-corrected chi connectivity index (χ0v) is 10.4. The van der Waals surface area contributed by atoms with Crippen molar-refractivity contribution in [1.29, 1.82) is 0 Å². The van der Waals surface area contributed by atoms with E-state index in [9.17, 15) is 9.59 Å². The molecule has 0 aliphatic rings. The summed E-state index contributed by atoms with van der Waals surface area (Å²) < 4.78 is 0. The van der Waals surface area contributed by atoms with E-state index in [-0.39, 0.29) is 16.9 Å². The third-order valence-electron chi connectivity index (χ3n) is 2.70. The quantitative estimate of drug-likeness (QED) is 0.770. The second kappa shape index (κ2) is 5.83. The Morgan fingerprint density at radius 2 is 1.75 bits per heavy atom. The lowest BCUT2D eigenvalue weighted by Gasteiger charge is -2.11. The van der Waals surface area contributed by atoms with Crippen LogP contribution in [0.1, 0.15) is 26.4 Å². The molecule has 102 valence electrons. The molecule has 1 heterocycles. The molecule has 2 aromatic rings. The fourth-order valence-electron chi connectivity index (χ4n) is 1.77. The predicted molar refractivity (Wildman–Crippen MR) is 71.9 cm³/mol. The van der Waals surface area contributed by atoms with Gasteiger partial charge in [0, 0.05) is 12.7 Å². The van der Waals surface area contributed by atoms with Gasteiger partial charge in [0.2, 0.25) is 0 Å². The fourth-order valence-corrected chi connectivity index (χ4v) is 1.77. The second-order valence-corrected chi connectivity index (χ2v) is 4.03. The first-order chi connectivity index (χ1) is 9.59. The van der Waals surface area contributed by atoms with E-state index in [1.807, 2.05) is 30.3 Å². The summed E-state index contributed by atoms with van der Waals surface area (Å²) in [6, 6.07) is 10.5. The molecule has 0 aliphatic carbocycles. The lowest BCUT2D eigenvalue weighted by atomic mass is 10.1. The number of benzene rings is 1. The minimum atomic E-state index is -1.27. The number of pyridine rings is 1. The highest BCUT2D eigenvalue weighted by Gasteiger charge is 2.19. The second-order valence-electron chi connectivity index (χ2n) is 4.03. The Hall–Kier alpha value is -2.89. The maximum absolute atomic E-state index is 11.1. The van der Waals surface area contributed by atoms with E-state index in [0.717, 1.165) is 5.56 Å².